The Hall–Kier alpha value is -1.12. The highest BCUT2D eigenvalue weighted by Crippen LogP contribution is 2.00. The molecule has 0 spiro atoms. The molecule has 0 atom stereocenters. The number of carbonyl (C=O) groups excluding carboxylic acids is 1. The average Bonchev–Trinajstić information content (AvgIpc) is 1.84. The Labute approximate surface area is 72.8 Å². The van der Waals surface area contributed by atoms with Gasteiger partial charge in [-0.15, -0.1) is 0 Å². The maximum atomic E-state index is 10.9. The van der Waals surface area contributed by atoms with Gasteiger partial charge < -0.3 is 5.11 Å². The lowest BCUT2D eigenvalue weighted by Gasteiger charge is -1.98. The maximum Gasteiger partial charge on any atom is 0.164 e. The molecule has 0 saturated heterocycles. The molecule has 0 bridgehead atoms. The van der Waals surface area contributed by atoms with Gasteiger partial charge in [-0.2, -0.15) is 0 Å². The van der Waals surface area contributed by atoms with Crippen molar-refractivity contribution in [1.82, 2.24) is 0 Å². The number of hydrogen-bond acceptors (Lipinski definition) is 3. The molecule has 0 amide bonds. The van der Waals surface area contributed by atoms with Crippen molar-refractivity contribution < 1.29 is 9.90 Å². The number of nitrogens with zero attached hydrogens (tertiary/aromatic N) is 1. The normalized spacial score (nSPS) is 13.8. The van der Waals surface area contributed by atoms with Gasteiger partial charge in [0.25, 0.3) is 0 Å². The number of hydrogen-bond donors (Lipinski definition) is 1. The van der Waals surface area contributed by atoms with E-state index in [-0.39, 0.29) is 23.2 Å². The molecule has 0 aromatic rings. The second-order valence-corrected chi connectivity index (χ2v) is 2.93. The van der Waals surface area contributed by atoms with Crippen molar-refractivity contribution in [2.75, 3.05) is 0 Å². The van der Waals surface area contributed by atoms with Gasteiger partial charge >= 0.3 is 0 Å². The van der Waals surface area contributed by atoms with E-state index in [9.17, 15) is 4.79 Å². The predicted molar refractivity (Wildman–Crippen MR) is 49.6 cm³/mol. The predicted octanol–water partition coefficient (Wildman–Crippen LogP) is 1.89. The van der Waals surface area contributed by atoms with Crippen LogP contribution in [0, 0.1) is 0 Å². The molecule has 0 aliphatic carbocycles. The van der Waals surface area contributed by atoms with Crippen molar-refractivity contribution in [3.8, 4) is 0 Å². The number of ketones is 1. The zero-order valence-corrected chi connectivity index (χ0v) is 7.96. The Bertz CT molecular complexity index is 223. The number of allylic oxidation sites excluding steroid dienone is 2. The van der Waals surface area contributed by atoms with Crippen LogP contribution in [-0.4, -0.2) is 23.1 Å². The quantitative estimate of drug-likeness (QED) is 0.398. The van der Waals surface area contributed by atoms with Crippen LogP contribution in [0.3, 0.4) is 0 Å². The third-order valence-electron chi connectivity index (χ3n) is 1.27. The Morgan fingerprint density at radius 3 is 2.17 bits per heavy atom. The van der Waals surface area contributed by atoms with Gasteiger partial charge in [-0.1, -0.05) is 0 Å². The van der Waals surface area contributed by atoms with Gasteiger partial charge in [-0.25, -0.2) is 0 Å². The lowest BCUT2D eigenvalue weighted by atomic mass is 10.2. The molecule has 0 fully saturated rings. The number of rotatable bonds is 3. The van der Waals surface area contributed by atoms with Crippen LogP contribution in [0.15, 0.2) is 16.3 Å². The Balaban J connectivity index is 4.59. The van der Waals surface area contributed by atoms with E-state index < -0.39 is 0 Å². The van der Waals surface area contributed by atoms with Crippen LogP contribution in [-0.2, 0) is 4.79 Å². The van der Waals surface area contributed by atoms with Crippen molar-refractivity contribution in [1.29, 1.82) is 0 Å². The van der Waals surface area contributed by atoms with E-state index in [0.717, 1.165) is 0 Å². The zero-order valence-electron chi connectivity index (χ0n) is 7.96. The first kappa shape index (κ1) is 10.9. The molecule has 68 valence electrons. The van der Waals surface area contributed by atoms with Crippen LogP contribution in [0.1, 0.15) is 27.7 Å². The minimum absolute atomic E-state index is 0.0203. The van der Waals surface area contributed by atoms with Gasteiger partial charge in [-0.3, -0.25) is 9.79 Å². The summed E-state index contributed by atoms with van der Waals surface area (Å²) in [5.41, 5.74) is 0.281. The topological polar surface area (TPSA) is 49.7 Å². The zero-order chi connectivity index (χ0) is 9.72. The molecule has 0 rings (SSSR count). The van der Waals surface area contributed by atoms with E-state index in [0.29, 0.717) is 0 Å². The second-order valence-electron chi connectivity index (χ2n) is 2.93. The molecule has 0 heterocycles. The van der Waals surface area contributed by atoms with Gasteiger partial charge in [0.05, 0.1) is 5.57 Å². The molecular formula is C9H15NO2. The largest absolute Gasteiger partial charge is 0.512 e. The maximum absolute atomic E-state index is 10.9. The summed E-state index contributed by atoms with van der Waals surface area (Å²) in [4.78, 5) is 14.9. The van der Waals surface area contributed by atoms with E-state index >= 15 is 0 Å². The molecule has 0 aliphatic heterocycles. The highest BCUT2D eigenvalue weighted by atomic mass is 16.3. The summed E-state index contributed by atoms with van der Waals surface area (Å²) in [5.74, 6) is -0.147. The van der Waals surface area contributed by atoms with E-state index in [1.807, 2.05) is 13.8 Å². The third kappa shape index (κ3) is 3.91. The van der Waals surface area contributed by atoms with Crippen molar-refractivity contribution in [3.63, 3.8) is 0 Å². The number of aliphatic imine (C=N–C) groups is 1. The summed E-state index contributed by atoms with van der Waals surface area (Å²) in [5, 5.41) is 9.06. The first-order valence-electron chi connectivity index (χ1n) is 3.89. The standard InChI is InChI=1S/C9H15NO2/c1-6(2)10-5-9(7(3)11)8(4)12/h5-6,11H,1-4H3. The highest BCUT2D eigenvalue weighted by molar-refractivity contribution is 6.12. The summed E-state index contributed by atoms with van der Waals surface area (Å²) in [6, 6.07) is 0.138. The van der Waals surface area contributed by atoms with Gasteiger partial charge in [0.1, 0.15) is 5.76 Å². The van der Waals surface area contributed by atoms with Gasteiger partial charge in [0.15, 0.2) is 5.78 Å². The van der Waals surface area contributed by atoms with Crippen LogP contribution < -0.4 is 0 Å². The van der Waals surface area contributed by atoms with Gasteiger partial charge in [-0.05, 0) is 27.7 Å². The fraction of sp³-hybridized carbons (Fsp3) is 0.556. The molecule has 12 heavy (non-hydrogen) atoms. The smallest absolute Gasteiger partial charge is 0.164 e. The van der Waals surface area contributed by atoms with E-state index in [4.69, 9.17) is 5.11 Å². The third-order valence-corrected chi connectivity index (χ3v) is 1.27. The van der Waals surface area contributed by atoms with Crippen LogP contribution >= 0.6 is 0 Å². The van der Waals surface area contributed by atoms with Crippen molar-refractivity contribution in [2.24, 2.45) is 4.99 Å². The molecule has 0 aromatic heterocycles. The summed E-state index contributed by atoms with van der Waals surface area (Å²) in [6.07, 6.45) is 1.42. The first-order chi connectivity index (χ1) is 5.45. The molecule has 0 saturated carbocycles. The molecule has 3 nitrogen and oxygen atoms in total. The van der Waals surface area contributed by atoms with Crippen LogP contribution in [0.2, 0.25) is 0 Å². The van der Waals surface area contributed by atoms with E-state index in [1.54, 1.807) is 0 Å². The van der Waals surface area contributed by atoms with Crippen LogP contribution in [0.5, 0.6) is 0 Å². The van der Waals surface area contributed by atoms with Crippen LogP contribution in [0.4, 0.5) is 0 Å². The molecule has 1 N–H and O–H groups in total. The SMILES string of the molecule is CC(=O)C(C=NC(C)C)=C(C)O. The highest BCUT2D eigenvalue weighted by Gasteiger charge is 2.04. The first-order valence-corrected chi connectivity index (χ1v) is 3.89. The van der Waals surface area contributed by atoms with Gasteiger partial charge in [0, 0.05) is 12.3 Å². The van der Waals surface area contributed by atoms with Crippen LogP contribution in [0.25, 0.3) is 0 Å². The van der Waals surface area contributed by atoms with E-state index in [2.05, 4.69) is 4.99 Å². The molecule has 0 aromatic carbocycles. The summed E-state index contributed by atoms with van der Waals surface area (Å²) >= 11 is 0. The summed E-state index contributed by atoms with van der Waals surface area (Å²) in [7, 11) is 0. The molecular weight excluding hydrogens is 154 g/mol. The monoisotopic (exact) mass is 169 g/mol. The Kier molecular flexibility index (Phi) is 4.26. The lowest BCUT2D eigenvalue weighted by Crippen LogP contribution is -2.03. The molecule has 3 heteroatoms. The van der Waals surface area contributed by atoms with E-state index in [1.165, 1.54) is 20.1 Å². The second kappa shape index (κ2) is 4.70. The fourth-order valence-electron chi connectivity index (χ4n) is 0.663. The molecule has 0 radical (unpaired) electrons. The number of aliphatic hydroxyl groups excluding tert-OH is 1. The minimum atomic E-state index is -0.167. The lowest BCUT2D eigenvalue weighted by molar-refractivity contribution is -0.113. The van der Waals surface area contributed by atoms with Crippen molar-refractivity contribution in [3.05, 3.63) is 11.3 Å². The molecule has 0 aliphatic rings. The summed E-state index contributed by atoms with van der Waals surface area (Å²) < 4.78 is 0. The minimum Gasteiger partial charge on any atom is -0.512 e. The number of Topliss-reactive ketones (excluding diaryl/α,β-unsaturated/α-hetero) is 1. The fourth-order valence-corrected chi connectivity index (χ4v) is 0.663. The Morgan fingerprint density at radius 1 is 1.42 bits per heavy atom. The van der Waals surface area contributed by atoms with Crippen molar-refractivity contribution >= 4 is 12.0 Å². The number of carbonyl (C=O) groups is 1. The van der Waals surface area contributed by atoms with Crippen molar-refractivity contribution in [2.45, 2.75) is 33.7 Å². The van der Waals surface area contributed by atoms with Gasteiger partial charge in [0.2, 0.25) is 0 Å². The molecule has 0 unspecified atom stereocenters. The Morgan fingerprint density at radius 2 is 1.92 bits per heavy atom. The summed E-state index contributed by atoms with van der Waals surface area (Å²) in [6.45, 7) is 6.69. The number of aliphatic hydroxyl groups is 1. The average molecular weight is 169 g/mol.